The topological polar surface area (TPSA) is 110 Å². The SMILES string of the molecule is CCCC(CN)(CCC)C(=O)NCc1nn[nH]n1. The highest BCUT2D eigenvalue weighted by molar-refractivity contribution is 5.82. The molecule has 7 heteroatoms. The fraction of sp³-hybridized carbons (Fsp3) is 0.818. The van der Waals surface area contributed by atoms with Crippen molar-refractivity contribution in [3.63, 3.8) is 0 Å². The Labute approximate surface area is 107 Å². The van der Waals surface area contributed by atoms with E-state index >= 15 is 0 Å². The average Bonchev–Trinajstić information content (AvgIpc) is 2.88. The first kappa shape index (κ1) is 14.6. The van der Waals surface area contributed by atoms with Crippen LogP contribution in [0.1, 0.15) is 45.4 Å². The summed E-state index contributed by atoms with van der Waals surface area (Å²) in [5.41, 5.74) is 5.35. The molecule has 7 nitrogen and oxygen atoms in total. The molecule has 0 aliphatic heterocycles. The molecule has 0 atom stereocenters. The van der Waals surface area contributed by atoms with Crippen LogP contribution in [0, 0.1) is 5.41 Å². The first-order chi connectivity index (χ1) is 8.68. The molecule has 18 heavy (non-hydrogen) atoms. The largest absolute Gasteiger partial charge is 0.348 e. The van der Waals surface area contributed by atoms with Gasteiger partial charge in [0, 0.05) is 6.54 Å². The van der Waals surface area contributed by atoms with Gasteiger partial charge >= 0.3 is 0 Å². The normalized spacial score (nSPS) is 11.5. The second-order valence-electron chi connectivity index (χ2n) is 4.50. The second kappa shape index (κ2) is 7.05. The van der Waals surface area contributed by atoms with Crippen LogP contribution < -0.4 is 11.1 Å². The van der Waals surface area contributed by atoms with Gasteiger partial charge in [0.25, 0.3) is 0 Å². The monoisotopic (exact) mass is 254 g/mol. The summed E-state index contributed by atoms with van der Waals surface area (Å²) in [7, 11) is 0. The number of carbonyl (C=O) groups excluding carboxylic acids is 1. The van der Waals surface area contributed by atoms with E-state index in [-0.39, 0.29) is 12.5 Å². The predicted octanol–water partition coefficient (Wildman–Crippen LogP) is 0.361. The fourth-order valence-corrected chi connectivity index (χ4v) is 2.21. The van der Waals surface area contributed by atoms with Gasteiger partial charge in [0.2, 0.25) is 5.91 Å². The summed E-state index contributed by atoms with van der Waals surface area (Å²) in [6, 6.07) is 0. The zero-order valence-electron chi connectivity index (χ0n) is 11.1. The molecule has 1 heterocycles. The lowest BCUT2D eigenvalue weighted by Crippen LogP contribution is -2.45. The molecule has 1 aromatic heterocycles. The molecule has 0 unspecified atom stereocenters. The van der Waals surface area contributed by atoms with Gasteiger partial charge < -0.3 is 11.1 Å². The van der Waals surface area contributed by atoms with Crippen molar-refractivity contribution < 1.29 is 4.79 Å². The van der Waals surface area contributed by atoms with Crippen LogP contribution in [-0.2, 0) is 11.3 Å². The number of H-pyrrole nitrogens is 1. The number of nitrogens with two attached hydrogens (primary N) is 1. The van der Waals surface area contributed by atoms with E-state index in [2.05, 4.69) is 39.8 Å². The van der Waals surface area contributed by atoms with Crippen molar-refractivity contribution in [3.05, 3.63) is 5.82 Å². The first-order valence-electron chi connectivity index (χ1n) is 6.39. The summed E-state index contributed by atoms with van der Waals surface area (Å²) in [6.07, 6.45) is 3.48. The molecule has 0 saturated heterocycles. The van der Waals surface area contributed by atoms with Crippen molar-refractivity contribution in [2.45, 2.75) is 46.1 Å². The molecular formula is C11H22N6O. The number of hydrogen-bond acceptors (Lipinski definition) is 5. The maximum absolute atomic E-state index is 12.3. The van der Waals surface area contributed by atoms with E-state index in [9.17, 15) is 4.79 Å². The Hall–Kier alpha value is -1.50. The van der Waals surface area contributed by atoms with Crippen LogP contribution in [0.15, 0.2) is 0 Å². The van der Waals surface area contributed by atoms with Gasteiger partial charge in [0.15, 0.2) is 5.82 Å². The van der Waals surface area contributed by atoms with Gasteiger partial charge in [-0.1, -0.05) is 31.9 Å². The Balaban J connectivity index is 2.63. The van der Waals surface area contributed by atoms with Crippen molar-refractivity contribution in [2.24, 2.45) is 11.1 Å². The van der Waals surface area contributed by atoms with Gasteiger partial charge in [-0.25, -0.2) is 0 Å². The third-order valence-electron chi connectivity index (χ3n) is 3.13. The van der Waals surface area contributed by atoms with Gasteiger partial charge in [0.1, 0.15) is 0 Å². The van der Waals surface area contributed by atoms with Crippen molar-refractivity contribution in [1.29, 1.82) is 0 Å². The molecular weight excluding hydrogens is 232 g/mol. The molecule has 4 N–H and O–H groups in total. The summed E-state index contributed by atoms with van der Waals surface area (Å²) >= 11 is 0. The van der Waals surface area contributed by atoms with E-state index in [1.807, 2.05) is 0 Å². The minimum atomic E-state index is -0.465. The highest BCUT2D eigenvalue weighted by atomic mass is 16.2. The smallest absolute Gasteiger partial charge is 0.227 e. The molecule has 0 bridgehead atoms. The van der Waals surface area contributed by atoms with Crippen LogP contribution >= 0.6 is 0 Å². The van der Waals surface area contributed by atoms with Crippen LogP contribution in [-0.4, -0.2) is 33.1 Å². The molecule has 0 radical (unpaired) electrons. The lowest BCUT2D eigenvalue weighted by molar-refractivity contribution is -0.131. The molecule has 0 spiro atoms. The molecule has 1 aromatic rings. The number of tetrazole rings is 1. The van der Waals surface area contributed by atoms with Crippen LogP contribution in [0.25, 0.3) is 0 Å². The molecule has 102 valence electrons. The Morgan fingerprint density at radius 1 is 1.39 bits per heavy atom. The lowest BCUT2D eigenvalue weighted by Gasteiger charge is -2.30. The summed E-state index contributed by atoms with van der Waals surface area (Å²) in [6.45, 7) is 4.77. The lowest BCUT2D eigenvalue weighted by atomic mass is 9.78. The molecule has 0 fully saturated rings. The second-order valence-corrected chi connectivity index (χ2v) is 4.50. The Morgan fingerprint density at radius 3 is 2.50 bits per heavy atom. The number of amides is 1. The quantitative estimate of drug-likeness (QED) is 0.620. The fourth-order valence-electron chi connectivity index (χ4n) is 2.21. The van der Waals surface area contributed by atoms with E-state index in [1.54, 1.807) is 0 Å². The minimum Gasteiger partial charge on any atom is -0.348 e. The van der Waals surface area contributed by atoms with E-state index < -0.39 is 5.41 Å². The standard InChI is InChI=1S/C11H22N6O/c1-3-5-11(8-12,6-4-2)10(18)13-7-9-14-16-17-15-9/h3-8,12H2,1-2H3,(H,13,18)(H,14,15,16,17). The summed E-state index contributed by atoms with van der Waals surface area (Å²) in [5.74, 6) is 0.459. The van der Waals surface area contributed by atoms with Gasteiger partial charge in [-0.2, -0.15) is 5.21 Å². The zero-order chi connectivity index (χ0) is 13.4. The number of carbonyl (C=O) groups is 1. The maximum Gasteiger partial charge on any atom is 0.227 e. The van der Waals surface area contributed by atoms with Gasteiger partial charge in [-0.15, -0.1) is 10.2 Å². The average molecular weight is 254 g/mol. The van der Waals surface area contributed by atoms with Crippen molar-refractivity contribution in [3.8, 4) is 0 Å². The highest BCUT2D eigenvalue weighted by Crippen LogP contribution is 2.29. The van der Waals surface area contributed by atoms with Crippen LogP contribution in [0.3, 0.4) is 0 Å². The summed E-state index contributed by atoms with van der Waals surface area (Å²) < 4.78 is 0. The van der Waals surface area contributed by atoms with Crippen molar-refractivity contribution >= 4 is 5.91 Å². The molecule has 0 aliphatic carbocycles. The van der Waals surface area contributed by atoms with E-state index in [0.29, 0.717) is 12.4 Å². The number of aromatic amines is 1. The maximum atomic E-state index is 12.3. The van der Waals surface area contributed by atoms with Crippen LogP contribution in [0.4, 0.5) is 0 Å². The number of aromatic nitrogens is 4. The van der Waals surface area contributed by atoms with Crippen molar-refractivity contribution in [1.82, 2.24) is 25.9 Å². The Morgan fingerprint density at radius 2 is 2.06 bits per heavy atom. The summed E-state index contributed by atoms with van der Waals surface area (Å²) in [5, 5.41) is 16.2. The Bertz CT molecular complexity index is 344. The van der Waals surface area contributed by atoms with E-state index in [0.717, 1.165) is 25.7 Å². The van der Waals surface area contributed by atoms with Gasteiger partial charge in [0.05, 0.1) is 12.0 Å². The zero-order valence-corrected chi connectivity index (χ0v) is 11.1. The summed E-state index contributed by atoms with van der Waals surface area (Å²) in [4.78, 5) is 12.3. The molecule has 0 saturated carbocycles. The van der Waals surface area contributed by atoms with Crippen molar-refractivity contribution in [2.75, 3.05) is 6.54 Å². The van der Waals surface area contributed by atoms with E-state index in [4.69, 9.17) is 5.73 Å². The van der Waals surface area contributed by atoms with Crippen LogP contribution in [0.5, 0.6) is 0 Å². The molecule has 1 rings (SSSR count). The first-order valence-corrected chi connectivity index (χ1v) is 6.39. The third kappa shape index (κ3) is 3.49. The number of nitrogens with zero attached hydrogens (tertiary/aromatic N) is 3. The molecule has 0 aliphatic rings. The number of nitrogens with one attached hydrogen (secondary N) is 2. The molecule has 0 aromatic carbocycles. The highest BCUT2D eigenvalue weighted by Gasteiger charge is 2.35. The number of hydrogen-bond donors (Lipinski definition) is 3. The third-order valence-corrected chi connectivity index (χ3v) is 3.13. The number of rotatable bonds is 8. The Kier molecular flexibility index (Phi) is 5.70. The minimum absolute atomic E-state index is 0.0153. The van der Waals surface area contributed by atoms with Gasteiger partial charge in [-0.05, 0) is 12.8 Å². The predicted molar refractivity (Wildman–Crippen MR) is 67.3 cm³/mol. The van der Waals surface area contributed by atoms with E-state index in [1.165, 1.54) is 0 Å². The van der Waals surface area contributed by atoms with Crippen LogP contribution in [0.2, 0.25) is 0 Å². The molecule has 1 amide bonds. The van der Waals surface area contributed by atoms with Gasteiger partial charge in [-0.3, -0.25) is 4.79 Å².